The van der Waals surface area contributed by atoms with Crippen LogP contribution in [-0.4, -0.2) is 16.5 Å². The van der Waals surface area contributed by atoms with E-state index in [9.17, 15) is 0 Å². The molecule has 100 valence electrons. The zero-order valence-corrected chi connectivity index (χ0v) is 11.7. The second kappa shape index (κ2) is 6.38. The molecule has 0 amide bonds. The van der Waals surface area contributed by atoms with Gasteiger partial charge in [-0.1, -0.05) is 30.7 Å². The van der Waals surface area contributed by atoms with Gasteiger partial charge >= 0.3 is 0 Å². The molecule has 5 heteroatoms. The largest absolute Gasteiger partial charge is 0.437 e. The maximum atomic E-state index is 6.04. The number of aryl methyl sites for hydroxylation is 1. The van der Waals surface area contributed by atoms with Gasteiger partial charge in [-0.15, -0.1) is 0 Å². The highest BCUT2D eigenvalue weighted by Crippen LogP contribution is 2.27. The van der Waals surface area contributed by atoms with Gasteiger partial charge in [-0.3, -0.25) is 0 Å². The third-order valence-electron chi connectivity index (χ3n) is 2.45. The summed E-state index contributed by atoms with van der Waals surface area (Å²) >= 11 is 6.04. The van der Waals surface area contributed by atoms with Crippen molar-refractivity contribution in [3.05, 3.63) is 41.0 Å². The van der Waals surface area contributed by atoms with Crippen LogP contribution in [0.15, 0.2) is 30.5 Å². The number of hydrogen-bond donors (Lipinski definition) is 1. The standard InChI is InChI=1S/C14H16ClN3O/c1-3-7-16-14-17-9-12(15)13(18-14)19-11-6-4-5-10(2)8-11/h4-6,8-9H,3,7H2,1-2H3,(H,16,17,18). The van der Waals surface area contributed by atoms with Crippen molar-refractivity contribution in [3.63, 3.8) is 0 Å². The molecule has 1 aromatic heterocycles. The van der Waals surface area contributed by atoms with Crippen molar-refractivity contribution in [2.75, 3.05) is 11.9 Å². The molecule has 1 aromatic carbocycles. The van der Waals surface area contributed by atoms with Gasteiger partial charge < -0.3 is 10.1 Å². The molecule has 0 radical (unpaired) electrons. The van der Waals surface area contributed by atoms with Crippen LogP contribution in [0.1, 0.15) is 18.9 Å². The first-order valence-corrected chi connectivity index (χ1v) is 6.57. The van der Waals surface area contributed by atoms with E-state index < -0.39 is 0 Å². The Morgan fingerprint density at radius 1 is 1.37 bits per heavy atom. The van der Waals surface area contributed by atoms with Crippen LogP contribution in [0.3, 0.4) is 0 Å². The van der Waals surface area contributed by atoms with Crippen LogP contribution < -0.4 is 10.1 Å². The third-order valence-corrected chi connectivity index (χ3v) is 2.71. The van der Waals surface area contributed by atoms with Gasteiger partial charge in [0.05, 0.1) is 6.20 Å². The van der Waals surface area contributed by atoms with Crippen molar-refractivity contribution in [2.24, 2.45) is 0 Å². The second-order valence-corrected chi connectivity index (χ2v) is 4.60. The fourth-order valence-electron chi connectivity index (χ4n) is 1.54. The fraction of sp³-hybridized carbons (Fsp3) is 0.286. The van der Waals surface area contributed by atoms with Crippen LogP contribution in [-0.2, 0) is 0 Å². The van der Waals surface area contributed by atoms with E-state index in [2.05, 4.69) is 22.2 Å². The molecule has 1 N–H and O–H groups in total. The SMILES string of the molecule is CCCNc1ncc(Cl)c(Oc2cccc(C)c2)n1. The highest BCUT2D eigenvalue weighted by Gasteiger charge is 2.07. The highest BCUT2D eigenvalue weighted by atomic mass is 35.5. The summed E-state index contributed by atoms with van der Waals surface area (Å²) in [6.45, 7) is 4.89. The molecule has 0 fully saturated rings. The van der Waals surface area contributed by atoms with E-state index in [-0.39, 0.29) is 0 Å². The Hall–Kier alpha value is -1.81. The maximum absolute atomic E-state index is 6.04. The summed E-state index contributed by atoms with van der Waals surface area (Å²) in [6, 6.07) is 7.72. The van der Waals surface area contributed by atoms with Crippen molar-refractivity contribution in [2.45, 2.75) is 20.3 Å². The normalized spacial score (nSPS) is 10.3. The minimum atomic E-state index is 0.362. The first-order chi connectivity index (χ1) is 9.19. The van der Waals surface area contributed by atoms with Gasteiger partial charge in [0.15, 0.2) is 0 Å². The molecule has 2 rings (SSSR count). The molecule has 0 bridgehead atoms. The maximum Gasteiger partial charge on any atom is 0.243 e. The summed E-state index contributed by atoms with van der Waals surface area (Å²) in [7, 11) is 0. The van der Waals surface area contributed by atoms with Gasteiger partial charge in [0.25, 0.3) is 0 Å². The molecule has 0 aliphatic carbocycles. The number of ether oxygens (including phenoxy) is 1. The topological polar surface area (TPSA) is 47.0 Å². The summed E-state index contributed by atoms with van der Waals surface area (Å²) in [5, 5.41) is 3.49. The Bertz CT molecular complexity index is 560. The molecular formula is C14H16ClN3O. The number of nitrogens with zero attached hydrogens (tertiary/aromatic N) is 2. The Labute approximate surface area is 117 Å². The van der Waals surface area contributed by atoms with Gasteiger partial charge in [0, 0.05) is 6.54 Å². The van der Waals surface area contributed by atoms with E-state index in [0.29, 0.717) is 22.6 Å². The zero-order valence-electron chi connectivity index (χ0n) is 11.0. The quantitative estimate of drug-likeness (QED) is 0.895. The van der Waals surface area contributed by atoms with Gasteiger partial charge in [0.2, 0.25) is 11.8 Å². The van der Waals surface area contributed by atoms with E-state index in [1.165, 1.54) is 6.20 Å². The summed E-state index contributed by atoms with van der Waals surface area (Å²) in [5.74, 6) is 1.59. The molecule has 0 saturated carbocycles. The monoisotopic (exact) mass is 277 g/mol. The number of halogens is 1. The van der Waals surface area contributed by atoms with Crippen molar-refractivity contribution in [3.8, 4) is 11.6 Å². The van der Waals surface area contributed by atoms with Gasteiger partial charge in [0.1, 0.15) is 10.8 Å². The molecule has 0 saturated heterocycles. The van der Waals surface area contributed by atoms with Crippen LogP contribution in [0.25, 0.3) is 0 Å². The van der Waals surface area contributed by atoms with Gasteiger partial charge in [-0.05, 0) is 31.0 Å². The molecule has 1 heterocycles. The van der Waals surface area contributed by atoms with E-state index in [4.69, 9.17) is 16.3 Å². The summed E-state index contributed by atoms with van der Waals surface area (Å²) < 4.78 is 5.69. The first-order valence-electron chi connectivity index (χ1n) is 6.20. The van der Waals surface area contributed by atoms with Crippen LogP contribution in [0, 0.1) is 6.92 Å². The minimum Gasteiger partial charge on any atom is -0.437 e. The number of nitrogens with one attached hydrogen (secondary N) is 1. The fourth-order valence-corrected chi connectivity index (χ4v) is 1.67. The Morgan fingerprint density at radius 2 is 2.21 bits per heavy atom. The van der Waals surface area contributed by atoms with E-state index in [1.807, 2.05) is 31.2 Å². The molecule has 0 aliphatic rings. The zero-order chi connectivity index (χ0) is 13.7. The smallest absolute Gasteiger partial charge is 0.243 e. The molecule has 19 heavy (non-hydrogen) atoms. The molecule has 2 aromatic rings. The predicted molar refractivity (Wildman–Crippen MR) is 77.1 cm³/mol. The lowest BCUT2D eigenvalue weighted by molar-refractivity contribution is 0.462. The summed E-state index contributed by atoms with van der Waals surface area (Å²) in [6.07, 6.45) is 2.54. The Morgan fingerprint density at radius 3 is 2.95 bits per heavy atom. The number of hydrogen-bond acceptors (Lipinski definition) is 4. The first kappa shape index (κ1) is 13.6. The van der Waals surface area contributed by atoms with Crippen molar-refractivity contribution in [1.29, 1.82) is 0 Å². The molecule has 0 spiro atoms. The van der Waals surface area contributed by atoms with Crippen LogP contribution >= 0.6 is 11.6 Å². The lowest BCUT2D eigenvalue weighted by atomic mass is 10.2. The number of anilines is 1. The van der Waals surface area contributed by atoms with Crippen LogP contribution in [0.5, 0.6) is 11.6 Å². The average Bonchev–Trinajstić information content (AvgIpc) is 2.40. The van der Waals surface area contributed by atoms with Crippen molar-refractivity contribution < 1.29 is 4.74 Å². The molecule has 4 nitrogen and oxygen atoms in total. The predicted octanol–water partition coefficient (Wildman–Crippen LogP) is 4.05. The lowest BCUT2D eigenvalue weighted by Gasteiger charge is -2.09. The number of aromatic nitrogens is 2. The number of rotatable bonds is 5. The Balaban J connectivity index is 2.19. The molecule has 0 unspecified atom stereocenters. The summed E-state index contributed by atoms with van der Waals surface area (Å²) in [4.78, 5) is 8.36. The van der Waals surface area contributed by atoms with Crippen molar-refractivity contribution in [1.82, 2.24) is 9.97 Å². The average molecular weight is 278 g/mol. The van der Waals surface area contributed by atoms with E-state index >= 15 is 0 Å². The number of benzene rings is 1. The molecule has 0 atom stereocenters. The van der Waals surface area contributed by atoms with Gasteiger partial charge in [-0.2, -0.15) is 4.98 Å². The van der Waals surface area contributed by atoms with E-state index in [0.717, 1.165) is 18.5 Å². The van der Waals surface area contributed by atoms with Crippen LogP contribution in [0.4, 0.5) is 5.95 Å². The third kappa shape index (κ3) is 3.83. The van der Waals surface area contributed by atoms with Crippen molar-refractivity contribution >= 4 is 17.5 Å². The van der Waals surface area contributed by atoms with Crippen LogP contribution in [0.2, 0.25) is 5.02 Å². The lowest BCUT2D eigenvalue weighted by Crippen LogP contribution is -2.04. The molecule has 0 aliphatic heterocycles. The van der Waals surface area contributed by atoms with E-state index in [1.54, 1.807) is 0 Å². The highest BCUT2D eigenvalue weighted by molar-refractivity contribution is 6.31. The minimum absolute atomic E-state index is 0.362. The van der Waals surface area contributed by atoms with Gasteiger partial charge in [-0.25, -0.2) is 4.98 Å². The Kier molecular flexibility index (Phi) is 4.58. The molecular weight excluding hydrogens is 262 g/mol. The second-order valence-electron chi connectivity index (χ2n) is 4.19. The summed E-state index contributed by atoms with van der Waals surface area (Å²) in [5.41, 5.74) is 1.12.